The van der Waals surface area contributed by atoms with Gasteiger partial charge in [-0.05, 0) is 65.2 Å². The molecule has 6 rings (SSSR count). The average Bonchev–Trinajstić information content (AvgIpc) is 3.08. The molecule has 1 heterocycles. The largest absolute Gasteiger partial charge is 0.508 e. The van der Waals surface area contributed by atoms with E-state index in [4.69, 9.17) is 9.47 Å². The number of anilines is 1. The number of rotatable bonds is 10. The lowest BCUT2D eigenvalue weighted by atomic mass is 9.84. The molecule has 0 saturated carbocycles. The van der Waals surface area contributed by atoms with Crippen LogP contribution in [-0.4, -0.2) is 30.5 Å². The summed E-state index contributed by atoms with van der Waals surface area (Å²) in [5.41, 5.74) is 3.87. The molecule has 0 bridgehead atoms. The average molecular weight is 640 g/mol. The van der Waals surface area contributed by atoms with Gasteiger partial charge >= 0.3 is 0 Å². The van der Waals surface area contributed by atoms with E-state index in [1.165, 1.54) is 0 Å². The first kappa shape index (κ1) is 30.9. The maximum atomic E-state index is 13.1. The van der Waals surface area contributed by atoms with Gasteiger partial charge in [0.05, 0.1) is 23.7 Å². The molecule has 1 fully saturated rings. The summed E-state index contributed by atoms with van der Waals surface area (Å²) in [7, 11) is -3.79. The first-order valence-electron chi connectivity index (χ1n) is 14.5. The predicted octanol–water partition coefficient (Wildman–Crippen LogP) is 7.42. The van der Waals surface area contributed by atoms with Crippen molar-refractivity contribution in [3.8, 4) is 5.75 Å². The second kappa shape index (κ2) is 13.9. The lowest BCUT2D eigenvalue weighted by Gasteiger charge is -2.43. The van der Waals surface area contributed by atoms with Crippen LogP contribution in [0.2, 0.25) is 0 Å². The maximum Gasteiger partial charge on any atom is 0.261 e. The molecule has 0 radical (unpaired) electrons. The van der Waals surface area contributed by atoms with E-state index in [-0.39, 0.29) is 29.3 Å². The highest BCUT2D eigenvalue weighted by Gasteiger charge is 2.42. The van der Waals surface area contributed by atoms with E-state index in [0.29, 0.717) is 17.0 Å². The zero-order valence-corrected chi connectivity index (χ0v) is 25.9. The van der Waals surface area contributed by atoms with Crippen LogP contribution in [0.3, 0.4) is 0 Å². The topological polar surface area (TPSA) is 105 Å². The number of hydrogen-bond acceptors (Lipinski definition) is 7. The fourth-order valence-corrected chi connectivity index (χ4v) is 7.48. The van der Waals surface area contributed by atoms with Gasteiger partial charge in [0, 0.05) is 27.8 Å². The maximum absolute atomic E-state index is 13.1. The fraction of sp³-hybridized carbons (Fsp3) is 0.167. The molecule has 230 valence electrons. The number of phenolic OH excluding ortho intramolecular Hbond substituents is 1. The van der Waals surface area contributed by atoms with Gasteiger partial charge in [0.2, 0.25) is 0 Å². The van der Waals surface area contributed by atoms with Gasteiger partial charge < -0.3 is 19.7 Å². The van der Waals surface area contributed by atoms with E-state index in [0.717, 1.165) is 21.6 Å². The van der Waals surface area contributed by atoms with E-state index < -0.39 is 22.4 Å². The monoisotopic (exact) mass is 639 g/mol. The van der Waals surface area contributed by atoms with Crippen molar-refractivity contribution < 1.29 is 28.1 Å². The van der Waals surface area contributed by atoms with Crippen LogP contribution in [0.4, 0.5) is 5.69 Å². The Labute approximate surface area is 267 Å². The second-order valence-electron chi connectivity index (χ2n) is 10.7. The Morgan fingerprint density at radius 2 is 1.38 bits per heavy atom. The third-order valence-electron chi connectivity index (χ3n) is 7.69. The Morgan fingerprint density at radius 3 is 2.07 bits per heavy atom. The number of phenols is 1. The zero-order valence-electron chi connectivity index (χ0n) is 24.3. The Morgan fingerprint density at radius 1 is 0.711 bits per heavy atom. The van der Waals surface area contributed by atoms with Gasteiger partial charge in [0.15, 0.2) is 6.29 Å². The second-order valence-corrected chi connectivity index (χ2v) is 13.5. The van der Waals surface area contributed by atoms with Gasteiger partial charge in [-0.15, -0.1) is 11.8 Å². The Kier molecular flexibility index (Phi) is 9.53. The van der Waals surface area contributed by atoms with Crippen LogP contribution >= 0.6 is 11.8 Å². The number of thioether (sulfide) groups is 1. The van der Waals surface area contributed by atoms with Gasteiger partial charge in [-0.2, -0.15) is 0 Å². The fourth-order valence-electron chi connectivity index (χ4n) is 5.43. The summed E-state index contributed by atoms with van der Waals surface area (Å²) < 4.78 is 42.3. The number of ether oxygens (including phenoxy) is 2. The normalized spacial score (nSPS) is 20.0. The lowest BCUT2D eigenvalue weighted by Crippen LogP contribution is -2.38. The molecule has 0 aromatic heterocycles. The van der Waals surface area contributed by atoms with E-state index in [2.05, 4.69) is 16.9 Å². The molecule has 1 aliphatic heterocycles. The molecule has 1 unspecified atom stereocenters. The molecule has 4 atom stereocenters. The smallest absolute Gasteiger partial charge is 0.261 e. The summed E-state index contributed by atoms with van der Waals surface area (Å²) in [6.45, 7) is -0.0583. The number of aliphatic hydroxyl groups excluding tert-OH is 1. The highest BCUT2D eigenvalue weighted by molar-refractivity contribution is 7.99. The highest BCUT2D eigenvalue weighted by atomic mass is 32.2. The number of hydrogen-bond donors (Lipinski definition) is 3. The molecule has 45 heavy (non-hydrogen) atoms. The summed E-state index contributed by atoms with van der Waals surface area (Å²) in [6, 6.07) is 40.3. The van der Waals surface area contributed by atoms with Crippen molar-refractivity contribution in [2.24, 2.45) is 0 Å². The molecule has 5 aromatic carbocycles. The number of sulfonamides is 1. The van der Waals surface area contributed by atoms with Gasteiger partial charge in [-0.3, -0.25) is 4.72 Å². The predicted molar refractivity (Wildman–Crippen MR) is 176 cm³/mol. The van der Waals surface area contributed by atoms with Crippen LogP contribution in [0, 0.1) is 0 Å². The molecule has 1 aliphatic rings. The lowest BCUT2D eigenvalue weighted by molar-refractivity contribution is -0.255. The van der Waals surface area contributed by atoms with E-state index in [1.54, 1.807) is 72.4 Å². The van der Waals surface area contributed by atoms with Gasteiger partial charge in [0.1, 0.15) is 5.75 Å². The molecule has 1 saturated heterocycles. The van der Waals surface area contributed by atoms with Crippen molar-refractivity contribution in [1.82, 2.24) is 0 Å². The molecular formula is C36H33NO6S2. The van der Waals surface area contributed by atoms with Gasteiger partial charge in [-0.1, -0.05) is 84.9 Å². The molecule has 7 nitrogen and oxygen atoms in total. The molecule has 3 N–H and O–H groups in total. The van der Waals surface area contributed by atoms with Crippen LogP contribution in [0.15, 0.2) is 143 Å². The summed E-state index contributed by atoms with van der Waals surface area (Å²) in [5.74, 6) is 0.625. The van der Waals surface area contributed by atoms with Gasteiger partial charge in [-0.25, -0.2) is 8.42 Å². The number of nitrogens with one attached hydrogen (secondary N) is 1. The van der Waals surface area contributed by atoms with Crippen LogP contribution in [0.1, 0.15) is 40.6 Å². The summed E-state index contributed by atoms with van der Waals surface area (Å²) >= 11 is 1.63. The molecule has 0 aliphatic carbocycles. The van der Waals surface area contributed by atoms with Crippen LogP contribution in [0.5, 0.6) is 5.75 Å². The van der Waals surface area contributed by atoms with Crippen LogP contribution in [-0.2, 0) is 26.1 Å². The third-order valence-corrected chi connectivity index (χ3v) is 10.2. The zero-order chi connectivity index (χ0) is 31.2. The summed E-state index contributed by atoms with van der Waals surface area (Å²) in [4.78, 5) is 1.16. The van der Waals surface area contributed by atoms with Crippen molar-refractivity contribution in [1.29, 1.82) is 0 Å². The Bertz CT molecular complexity index is 1800. The van der Waals surface area contributed by atoms with Crippen molar-refractivity contribution in [3.63, 3.8) is 0 Å². The number of benzene rings is 5. The first-order valence-corrected chi connectivity index (χ1v) is 17.0. The van der Waals surface area contributed by atoms with Crippen molar-refractivity contribution >= 4 is 27.5 Å². The van der Waals surface area contributed by atoms with E-state index in [9.17, 15) is 18.6 Å². The minimum atomic E-state index is -3.79. The first-order chi connectivity index (χ1) is 21.9. The van der Waals surface area contributed by atoms with Crippen LogP contribution < -0.4 is 4.72 Å². The van der Waals surface area contributed by atoms with Crippen molar-refractivity contribution in [2.45, 2.75) is 40.8 Å². The molecule has 0 amide bonds. The van der Waals surface area contributed by atoms with Crippen LogP contribution in [0.25, 0.3) is 0 Å². The minimum Gasteiger partial charge on any atom is -0.508 e. The SMILES string of the molecule is O=S(=O)(Nc1cccc(C2O[C@H](CSc3ccc(O)cc3)[C@@H](c3ccccc3)[C@H](c3ccc(CO)cc3)O2)c1)c1ccccc1. The van der Waals surface area contributed by atoms with Crippen molar-refractivity contribution in [2.75, 3.05) is 10.5 Å². The number of aliphatic hydroxyl groups is 1. The molecule has 0 spiro atoms. The third kappa shape index (κ3) is 7.41. The van der Waals surface area contributed by atoms with Crippen molar-refractivity contribution in [3.05, 3.63) is 156 Å². The minimum absolute atomic E-state index is 0.0583. The summed E-state index contributed by atoms with van der Waals surface area (Å²) in [5, 5.41) is 19.4. The number of aromatic hydroxyl groups is 1. The summed E-state index contributed by atoms with van der Waals surface area (Å²) in [6.07, 6.45) is -1.51. The Hall–Kier alpha value is -4.12. The molecular weight excluding hydrogens is 607 g/mol. The van der Waals surface area contributed by atoms with E-state index in [1.807, 2.05) is 60.7 Å². The Balaban J connectivity index is 1.35. The van der Waals surface area contributed by atoms with Gasteiger partial charge in [0.25, 0.3) is 10.0 Å². The molecule has 5 aromatic rings. The standard InChI is InChI=1S/C36H33NO6S2/c38-23-25-14-16-27(17-15-25)35-34(26-8-3-1-4-9-26)33(24-44-31-20-18-30(39)19-21-31)42-36(43-35)28-10-7-11-29(22-28)37-45(40,41)32-12-5-2-6-13-32/h1-22,33-39H,23-24H2/t33-,34-,35+,36?/m1/s1. The van der Waals surface area contributed by atoms with E-state index >= 15 is 0 Å². The molecule has 9 heteroatoms. The highest BCUT2D eigenvalue weighted by Crippen LogP contribution is 2.48. The quantitative estimate of drug-likeness (QED) is 0.137.